The van der Waals surface area contributed by atoms with Crippen molar-refractivity contribution < 1.29 is 4.74 Å². The smallest absolute Gasteiger partial charge is 0.235 e. The number of hydrogen-bond acceptors (Lipinski definition) is 4. The van der Waals surface area contributed by atoms with Gasteiger partial charge in [-0.15, -0.1) is 11.3 Å². The lowest BCUT2D eigenvalue weighted by Crippen LogP contribution is -2.16. The summed E-state index contributed by atoms with van der Waals surface area (Å²) in [4.78, 5) is 11.0. The van der Waals surface area contributed by atoms with Gasteiger partial charge in [0.1, 0.15) is 11.8 Å². The third-order valence-electron chi connectivity index (χ3n) is 11.3. The highest BCUT2D eigenvalue weighted by molar-refractivity contribution is 7.26. The number of benzene rings is 7. The predicted molar refractivity (Wildman–Crippen MR) is 229 cm³/mol. The minimum atomic E-state index is -0.139. The monoisotopic (exact) mass is 721 g/mol. The number of rotatable bonds is 4. The number of allylic oxidation sites excluding steroid dienone is 2. The van der Waals surface area contributed by atoms with Gasteiger partial charge in [-0.2, -0.15) is 0 Å². The summed E-state index contributed by atoms with van der Waals surface area (Å²) in [6.45, 7) is 0. The van der Waals surface area contributed by atoms with Gasteiger partial charge in [0.2, 0.25) is 5.95 Å². The van der Waals surface area contributed by atoms with E-state index in [4.69, 9.17) is 14.7 Å². The Morgan fingerprint density at radius 1 is 0.509 bits per heavy atom. The first-order valence-corrected chi connectivity index (χ1v) is 19.5. The van der Waals surface area contributed by atoms with E-state index in [2.05, 4.69) is 181 Å². The molecule has 0 fully saturated rings. The van der Waals surface area contributed by atoms with Crippen LogP contribution in [0.1, 0.15) is 11.6 Å². The highest BCUT2D eigenvalue weighted by Gasteiger charge is 2.37. The number of nitrogens with zero attached hydrogens (tertiary/aromatic N) is 3. The summed E-state index contributed by atoms with van der Waals surface area (Å²) in [5.74, 6) is 1.37. The molecule has 2 aliphatic rings. The van der Waals surface area contributed by atoms with Crippen molar-refractivity contribution in [3.63, 3.8) is 0 Å². The van der Waals surface area contributed by atoms with Crippen molar-refractivity contribution in [2.45, 2.75) is 12.0 Å². The largest absolute Gasteiger partial charge is 0.481 e. The highest BCUT2D eigenvalue weighted by Crippen LogP contribution is 2.48. The quantitative estimate of drug-likeness (QED) is 0.182. The topological polar surface area (TPSA) is 39.9 Å². The molecule has 0 bridgehead atoms. The summed E-state index contributed by atoms with van der Waals surface area (Å²) in [6.07, 6.45) is 8.37. The van der Waals surface area contributed by atoms with E-state index in [0.717, 1.165) is 56.0 Å². The van der Waals surface area contributed by atoms with Crippen LogP contribution in [0, 0.1) is 0 Å². The maximum absolute atomic E-state index is 6.79. The van der Waals surface area contributed by atoms with Crippen LogP contribution in [0.3, 0.4) is 0 Å². The molecule has 0 N–H and O–H groups in total. The van der Waals surface area contributed by atoms with E-state index >= 15 is 0 Å². The van der Waals surface area contributed by atoms with Gasteiger partial charge in [0, 0.05) is 41.9 Å². The predicted octanol–water partition coefficient (Wildman–Crippen LogP) is 13.1. The summed E-state index contributed by atoms with van der Waals surface area (Å²) in [5, 5.41) is 7.44. The Morgan fingerprint density at radius 2 is 1.20 bits per heavy atom. The number of para-hydroxylation sites is 1. The SMILES string of the molecule is C1=CC2Oc3c(-c4cc(-c5ccccc5)cc(-c5ccccc5)c4)nc(-n4c5ccccc5c5cc6c(ccc7c8ccccc8sc67)cc54)nc3C2C=C1. The van der Waals surface area contributed by atoms with Crippen molar-refractivity contribution in [1.29, 1.82) is 0 Å². The van der Waals surface area contributed by atoms with Gasteiger partial charge in [-0.3, -0.25) is 4.57 Å². The summed E-state index contributed by atoms with van der Waals surface area (Å²) in [7, 11) is 0. The summed E-state index contributed by atoms with van der Waals surface area (Å²) >= 11 is 1.87. The highest BCUT2D eigenvalue weighted by atomic mass is 32.1. The molecule has 7 aromatic carbocycles. The molecular weight excluding hydrogens is 691 g/mol. The lowest BCUT2D eigenvalue weighted by Gasteiger charge is -2.15. The van der Waals surface area contributed by atoms with Crippen molar-refractivity contribution >= 4 is 64.1 Å². The Bertz CT molecular complexity index is 3190. The average molecular weight is 722 g/mol. The molecule has 0 radical (unpaired) electrons. The van der Waals surface area contributed by atoms with Crippen LogP contribution in [-0.4, -0.2) is 20.6 Å². The zero-order chi connectivity index (χ0) is 36.0. The molecule has 12 rings (SSSR count). The molecule has 3 aromatic heterocycles. The van der Waals surface area contributed by atoms with E-state index in [1.54, 1.807) is 0 Å². The number of hydrogen-bond donors (Lipinski definition) is 0. The molecular formula is C50H31N3OS. The van der Waals surface area contributed by atoms with Crippen LogP contribution in [0.2, 0.25) is 0 Å². The first-order valence-electron chi connectivity index (χ1n) is 18.7. The molecule has 2 unspecified atom stereocenters. The second-order valence-electron chi connectivity index (χ2n) is 14.5. The summed E-state index contributed by atoms with van der Waals surface area (Å²) < 4.78 is 11.7. The zero-order valence-electron chi connectivity index (χ0n) is 29.6. The number of ether oxygens (including phenoxy) is 1. The van der Waals surface area contributed by atoms with Crippen molar-refractivity contribution in [2.24, 2.45) is 0 Å². The molecule has 10 aromatic rings. The van der Waals surface area contributed by atoms with Crippen LogP contribution in [-0.2, 0) is 0 Å². The molecule has 55 heavy (non-hydrogen) atoms. The van der Waals surface area contributed by atoms with E-state index < -0.39 is 0 Å². The Morgan fingerprint density at radius 3 is 2.00 bits per heavy atom. The van der Waals surface area contributed by atoms with Gasteiger partial charge in [-0.05, 0) is 76.2 Å². The number of aromatic nitrogens is 3. The van der Waals surface area contributed by atoms with E-state index in [0.29, 0.717) is 5.95 Å². The van der Waals surface area contributed by atoms with E-state index in [1.807, 2.05) is 11.3 Å². The fraction of sp³-hybridized carbons (Fsp3) is 0.0400. The van der Waals surface area contributed by atoms with Crippen molar-refractivity contribution in [1.82, 2.24) is 14.5 Å². The van der Waals surface area contributed by atoms with Gasteiger partial charge in [-0.25, -0.2) is 9.97 Å². The van der Waals surface area contributed by atoms with Crippen molar-refractivity contribution in [3.05, 3.63) is 182 Å². The van der Waals surface area contributed by atoms with Gasteiger partial charge >= 0.3 is 0 Å². The molecule has 0 spiro atoms. The van der Waals surface area contributed by atoms with Gasteiger partial charge in [0.25, 0.3) is 0 Å². The van der Waals surface area contributed by atoms with Crippen LogP contribution in [0.4, 0.5) is 0 Å². The molecule has 0 saturated heterocycles. The van der Waals surface area contributed by atoms with Crippen LogP contribution in [0.25, 0.3) is 92.2 Å². The van der Waals surface area contributed by atoms with Crippen LogP contribution in [0.15, 0.2) is 176 Å². The third kappa shape index (κ3) is 4.70. The lowest BCUT2D eigenvalue weighted by atomic mass is 9.93. The third-order valence-corrected chi connectivity index (χ3v) is 12.5. The van der Waals surface area contributed by atoms with Gasteiger partial charge in [0.05, 0.1) is 22.6 Å². The van der Waals surface area contributed by atoms with Gasteiger partial charge in [-0.1, -0.05) is 127 Å². The molecule has 1 aliphatic heterocycles. The molecule has 258 valence electrons. The summed E-state index contributed by atoms with van der Waals surface area (Å²) in [5.41, 5.74) is 9.39. The summed E-state index contributed by atoms with van der Waals surface area (Å²) in [6, 6.07) is 54.6. The van der Waals surface area contributed by atoms with E-state index in [1.165, 1.54) is 41.7 Å². The van der Waals surface area contributed by atoms with Gasteiger partial charge in [0.15, 0.2) is 5.75 Å². The zero-order valence-corrected chi connectivity index (χ0v) is 30.4. The Labute approximate surface area is 320 Å². The molecule has 5 heteroatoms. The van der Waals surface area contributed by atoms with Crippen molar-refractivity contribution in [2.75, 3.05) is 0 Å². The minimum Gasteiger partial charge on any atom is -0.481 e. The fourth-order valence-electron chi connectivity index (χ4n) is 8.72. The molecule has 4 heterocycles. The fourth-order valence-corrected chi connectivity index (χ4v) is 9.95. The number of fused-ring (bicyclic) bond motifs is 11. The Balaban J connectivity index is 1.14. The average Bonchev–Trinajstić information content (AvgIpc) is 3.93. The molecule has 1 aliphatic carbocycles. The maximum Gasteiger partial charge on any atom is 0.235 e. The lowest BCUT2D eigenvalue weighted by molar-refractivity contribution is 0.269. The van der Waals surface area contributed by atoms with Crippen LogP contribution in [0.5, 0.6) is 5.75 Å². The Hall–Kier alpha value is -6.82. The molecule has 2 atom stereocenters. The number of thiophene rings is 1. The van der Waals surface area contributed by atoms with E-state index in [9.17, 15) is 0 Å². The maximum atomic E-state index is 6.79. The van der Waals surface area contributed by atoms with Gasteiger partial charge < -0.3 is 4.74 Å². The van der Waals surface area contributed by atoms with E-state index in [-0.39, 0.29) is 12.0 Å². The Kier molecular flexibility index (Phi) is 6.59. The van der Waals surface area contributed by atoms with Crippen LogP contribution >= 0.6 is 11.3 Å². The molecule has 0 saturated carbocycles. The second-order valence-corrected chi connectivity index (χ2v) is 15.5. The normalized spacial score (nSPS) is 16.0. The minimum absolute atomic E-state index is 0.0124. The first kappa shape index (κ1) is 30.6. The first-order chi connectivity index (χ1) is 27.2. The van der Waals surface area contributed by atoms with Crippen molar-refractivity contribution in [3.8, 4) is 45.2 Å². The molecule has 0 amide bonds. The second kappa shape index (κ2) is 11.8. The standard InChI is InChI=1S/C50H31N3OS/c1-3-13-30(14-4-1)33-25-34(31-15-5-2-6-16-31)27-35(26-33)46-48-47(39-19-8-11-21-44(39)54-48)52-50(51-46)53-42-20-10-7-17-36(42)41-29-40-32(28-43(41)53)23-24-38-37-18-9-12-22-45(37)55-49(38)40/h1-29,39,44H. The van der Waals surface area contributed by atoms with Crippen LogP contribution < -0.4 is 4.74 Å². The molecule has 4 nitrogen and oxygen atoms in total.